The number of anilines is 1. The summed E-state index contributed by atoms with van der Waals surface area (Å²) in [6.07, 6.45) is 0. The van der Waals surface area contributed by atoms with Gasteiger partial charge in [-0.1, -0.05) is 11.3 Å². The first-order valence-corrected chi connectivity index (χ1v) is 8.96. The Morgan fingerprint density at radius 2 is 2.12 bits per heavy atom. The minimum absolute atomic E-state index is 0.284. The third kappa shape index (κ3) is 2.90. The Morgan fingerprint density at radius 1 is 1.27 bits per heavy atom. The largest absolute Gasteiger partial charge is 0.494 e. The first-order chi connectivity index (χ1) is 12.5. The van der Waals surface area contributed by atoms with E-state index in [-0.39, 0.29) is 11.7 Å². The van der Waals surface area contributed by atoms with Gasteiger partial charge in [-0.3, -0.25) is 10.1 Å². The maximum atomic E-state index is 13.4. The summed E-state index contributed by atoms with van der Waals surface area (Å²) in [5.41, 5.74) is 1.91. The Morgan fingerprint density at radius 3 is 2.92 bits per heavy atom. The van der Waals surface area contributed by atoms with Gasteiger partial charge >= 0.3 is 0 Å². The maximum Gasteiger partial charge on any atom is 0.274 e. The summed E-state index contributed by atoms with van der Waals surface area (Å²) in [7, 11) is 1.74. The van der Waals surface area contributed by atoms with E-state index in [1.165, 1.54) is 23.5 Å². The second kappa shape index (κ2) is 6.42. The summed E-state index contributed by atoms with van der Waals surface area (Å²) >= 11 is 1.38. The molecule has 0 aliphatic heterocycles. The van der Waals surface area contributed by atoms with Crippen LogP contribution in [0.2, 0.25) is 0 Å². The lowest BCUT2D eigenvalue weighted by Gasteiger charge is -2.03. The number of aryl methyl sites for hydroxylation is 1. The average Bonchev–Trinajstić information content (AvgIpc) is 3.15. The summed E-state index contributed by atoms with van der Waals surface area (Å²) in [6.45, 7) is 2.52. The lowest BCUT2D eigenvalue weighted by atomic mass is 10.2. The predicted octanol–water partition coefficient (Wildman–Crippen LogP) is 4.58. The molecule has 0 aliphatic carbocycles. The highest BCUT2D eigenvalue weighted by Crippen LogP contribution is 2.30. The number of amides is 1. The summed E-state index contributed by atoms with van der Waals surface area (Å²) < 4.78 is 21.5. The monoisotopic (exact) mass is 369 g/mol. The molecule has 0 saturated heterocycles. The van der Waals surface area contributed by atoms with Crippen molar-refractivity contribution in [2.24, 2.45) is 7.05 Å². The number of fused-ring (bicyclic) bond motifs is 2. The molecule has 5 nitrogen and oxygen atoms in total. The number of halogens is 1. The van der Waals surface area contributed by atoms with Gasteiger partial charge in [-0.25, -0.2) is 9.37 Å². The molecule has 0 fully saturated rings. The van der Waals surface area contributed by atoms with Crippen molar-refractivity contribution in [1.29, 1.82) is 0 Å². The SMILES string of the molecule is CCOc1ccc2nc(NC(=O)c3cc4ccc(F)cc4n3C)sc2c1. The number of nitrogens with one attached hydrogen (secondary N) is 1. The molecule has 0 saturated carbocycles. The normalized spacial score (nSPS) is 11.2. The van der Waals surface area contributed by atoms with E-state index in [0.717, 1.165) is 21.4 Å². The first kappa shape index (κ1) is 16.5. The Balaban J connectivity index is 1.63. The highest BCUT2D eigenvalue weighted by molar-refractivity contribution is 7.22. The van der Waals surface area contributed by atoms with Crippen molar-refractivity contribution in [2.75, 3.05) is 11.9 Å². The number of hydrogen-bond acceptors (Lipinski definition) is 4. The van der Waals surface area contributed by atoms with Crippen LogP contribution in [0.15, 0.2) is 42.5 Å². The van der Waals surface area contributed by atoms with Crippen molar-refractivity contribution in [2.45, 2.75) is 6.92 Å². The summed E-state index contributed by atoms with van der Waals surface area (Å²) in [5.74, 6) is 0.160. The van der Waals surface area contributed by atoms with E-state index in [0.29, 0.717) is 22.9 Å². The smallest absolute Gasteiger partial charge is 0.274 e. The van der Waals surface area contributed by atoms with Crippen LogP contribution in [0.5, 0.6) is 5.75 Å². The van der Waals surface area contributed by atoms with E-state index >= 15 is 0 Å². The molecule has 0 atom stereocenters. The fourth-order valence-electron chi connectivity index (χ4n) is 2.90. The van der Waals surface area contributed by atoms with E-state index in [4.69, 9.17) is 4.74 Å². The maximum absolute atomic E-state index is 13.4. The highest BCUT2D eigenvalue weighted by atomic mass is 32.1. The number of hydrogen-bond donors (Lipinski definition) is 1. The Bertz CT molecular complexity index is 1130. The number of rotatable bonds is 4. The van der Waals surface area contributed by atoms with Crippen LogP contribution in [0, 0.1) is 5.82 Å². The predicted molar refractivity (Wildman–Crippen MR) is 102 cm³/mol. The molecule has 2 heterocycles. The molecule has 4 rings (SSSR count). The van der Waals surface area contributed by atoms with Crippen molar-refractivity contribution in [3.05, 3.63) is 54.0 Å². The number of nitrogens with zero attached hydrogens (tertiary/aromatic N) is 2. The van der Waals surface area contributed by atoms with Gasteiger partial charge in [-0.05, 0) is 49.4 Å². The first-order valence-electron chi connectivity index (χ1n) is 8.15. The van der Waals surface area contributed by atoms with Gasteiger partial charge in [0.25, 0.3) is 5.91 Å². The molecule has 2 aromatic heterocycles. The number of thiazole rings is 1. The minimum atomic E-state index is -0.332. The Kier molecular flexibility index (Phi) is 4.08. The number of carbonyl (C=O) groups excluding carboxylic acids is 1. The second-order valence-corrected chi connectivity index (χ2v) is 6.86. The highest BCUT2D eigenvalue weighted by Gasteiger charge is 2.16. The zero-order chi connectivity index (χ0) is 18.3. The molecule has 7 heteroatoms. The van der Waals surface area contributed by atoms with Crippen LogP contribution in [-0.2, 0) is 7.05 Å². The quantitative estimate of drug-likeness (QED) is 0.573. The molecule has 0 radical (unpaired) electrons. The summed E-state index contributed by atoms with van der Waals surface area (Å²) in [5, 5.41) is 4.15. The fraction of sp³-hybridized carbons (Fsp3) is 0.158. The standard InChI is InChI=1S/C19H16FN3O2S/c1-3-25-13-6-7-14-17(10-13)26-19(21-14)22-18(24)16-8-11-4-5-12(20)9-15(11)23(16)2/h4-10H,3H2,1-2H3,(H,21,22,24). The number of carbonyl (C=O) groups is 1. The molecule has 132 valence electrons. The molecule has 4 aromatic rings. The molecule has 1 amide bonds. The van der Waals surface area contributed by atoms with Crippen molar-refractivity contribution in [1.82, 2.24) is 9.55 Å². The van der Waals surface area contributed by atoms with Crippen LogP contribution in [0.1, 0.15) is 17.4 Å². The van der Waals surface area contributed by atoms with Crippen LogP contribution >= 0.6 is 11.3 Å². The molecular formula is C19H16FN3O2S. The zero-order valence-electron chi connectivity index (χ0n) is 14.2. The Labute approximate surface area is 153 Å². The molecular weight excluding hydrogens is 353 g/mol. The van der Waals surface area contributed by atoms with Gasteiger partial charge in [0.1, 0.15) is 17.3 Å². The summed E-state index contributed by atoms with van der Waals surface area (Å²) in [4.78, 5) is 17.1. The molecule has 26 heavy (non-hydrogen) atoms. The van der Waals surface area contributed by atoms with Crippen molar-refractivity contribution in [3.8, 4) is 5.75 Å². The van der Waals surface area contributed by atoms with Crippen molar-refractivity contribution in [3.63, 3.8) is 0 Å². The summed E-state index contributed by atoms with van der Waals surface area (Å²) in [6, 6.07) is 11.8. The van der Waals surface area contributed by atoms with Crippen LogP contribution < -0.4 is 10.1 Å². The van der Waals surface area contributed by atoms with E-state index in [2.05, 4.69) is 10.3 Å². The van der Waals surface area contributed by atoms with Crippen LogP contribution in [0.4, 0.5) is 9.52 Å². The number of benzene rings is 2. The van der Waals surface area contributed by atoms with Gasteiger partial charge < -0.3 is 9.30 Å². The third-order valence-corrected chi connectivity index (χ3v) is 5.07. The second-order valence-electron chi connectivity index (χ2n) is 5.83. The Hall–Kier alpha value is -2.93. The molecule has 2 aromatic carbocycles. The van der Waals surface area contributed by atoms with E-state index in [9.17, 15) is 9.18 Å². The molecule has 0 unspecified atom stereocenters. The number of ether oxygens (including phenoxy) is 1. The van der Waals surface area contributed by atoms with Gasteiger partial charge in [0.15, 0.2) is 5.13 Å². The van der Waals surface area contributed by atoms with Crippen LogP contribution in [0.3, 0.4) is 0 Å². The average molecular weight is 369 g/mol. The third-order valence-electron chi connectivity index (χ3n) is 4.13. The fourth-order valence-corrected chi connectivity index (χ4v) is 3.79. The topological polar surface area (TPSA) is 56.1 Å². The lowest BCUT2D eigenvalue weighted by molar-refractivity contribution is 0.101. The zero-order valence-corrected chi connectivity index (χ0v) is 15.1. The van der Waals surface area contributed by atoms with E-state index in [1.807, 2.05) is 25.1 Å². The van der Waals surface area contributed by atoms with Gasteiger partial charge in [-0.2, -0.15) is 0 Å². The molecule has 0 aliphatic rings. The van der Waals surface area contributed by atoms with Gasteiger partial charge in [-0.15, -0.1) is 0 Å². The molecule has 0 spiro atoms. The van der Waals surface area contributed by atoms with Gasteiger partial charge in [0.05, 0.1) is 22.3 Å². The molecule has 0 bridgehead atoms. The van der Waals surface area contributed by atoms with Gasteiger partial charge in [0.2, 0.25) is 0 Å². The van der Waals surface area contributed by atoms with E-state index in [1.54, 1.807) is 23.7 Å². The van der Waals surface area contributed by atoms with Crippen LogP contribution in [0.25, 0.3) is 21.1 Å². The van der Waals surface area contributed by atoms with Crippen molar-refractivity contribution < 1.29 is 13.9 Å². The number of aromatic nitrogens is 2. The molecule has 1 N–H and O–H groups in total. The van der Waals surface area contributed by atoms with Crippen molar-refractivity contribution >= 4 is 43.5 Å². The van der Waals surface area contributed by atoms with E-state index < -0.39 is 0 Å². The van der Waals surface area contributed by atoms with Gasteiger partial charge in [0, 0.05) is 12.4 Å². The van der Waals surface area contributed by atoms with Crippen LogP contribution in [-0.4, -0.2) is 22.1 Å². The minimum Gasteiger partial charge on any atom is -0.494 e. The lowest BCUT2D eigenvalue weighted by Crippen LogP contribution is -2.15.